The molecule has 0 atom stereocenters. The number of hydrogen-bond donors (Lipinski definition) is 1. The van der Waals surface area contributed by atoms with Gasteiger partial charge in [0, 0.05) is 19.1 Å². The van der Waals surface area contributed by atoms with E-state index in [0.29, 0.717) is 35.1 Å². The number of hydrogen-bond acceptors (Lipinski definition) is 4. The fourth-order valence-corrected chi connectivity index (χ4v) is 3.84. The lowest BCUT2D eigenvalue weighted by atomic mass is 10.1. The van der Waals surface area contributed by atoms with Crippen LogP contribution in [-0.4, -0.2) is 44.0 Å². The summed E-state index contributed by atoms with van der Waals surface area (Å²) in [5, 5.41) is 2.91. The lowest BCUT2D eigenvalue weighted by Gasteiger charge is -2.30. The number of nitrogens with one attached hydrogen (secondary N) is 1. The zero-order valence-corrected chi connectivity index (χ0v) is 12.8. The summed E-state index contributed by atoms with van der Waals surface area (Å²) >= 11 is 7.02. The highest BCUT2D eigenvalue weighted by Crippen LogP contribution is 2.22. The molecule has 1 amide bonds. The summed E-state index contributed by atoms with van der Waals surface area (Å²) in [4.78, 5) is 12.5. The van der Waals surface area contributed by atoms with E-state index in [2.05, 4.69) is 5.32 Å². The Labute approximate surface area is 121 Å². The number of sulfonamides is 1. The average Bonchev–Trinajstić information content (AvgIpc) is 2.75. The molecular weight excluding hydrogens is 308 g/mol. The molecule has 1 fully saturated rings. The quantitative estimate of drug-likeness (QED) is 0.918. The van der Waals surface area contributed by atoms with E-state index in [0.717, 1.165) is 0 Å². The lowest BCUT2D eigenvalue weighted by Crippen LogP contribution is -2.46. The summed E-state index contributed by atoms with van der Waals surface area (Å²) in [6.45, 7) is 0.907. The number of carbonyl (C=O) groups is 1. The maximum absolute atomic E-state index is 11.9. The molecule has 0 saturated carbocycles. The van der Waals surface area contributed by atoms with E-state index >= 15 is 0 Å². The van der Waals surface area contributed by atoms with E-state index in [-0.39, 0.29) is 11.9 Å². The first-order chi connectivity index (χ1) is 8.86. The number of nitrogens with zero attached hydrogens (tertiary/aromatic N) is 1. The van der Waals surface area contributed by atoms with Gasteiger partial charge in [0.25, 0.3) is 5.91 Å². The van der Waals surface area contributed by atoms with Gasteiger partial charge in [0.1, 0.15) is 0 Å². The van der Waals surface area contributed by atoms with Crippen LogP contribution in [0.4, 0.5) is 0 Å². The molecular formula is C11H15ClN2O3S2. The SMILES string of the molecule is CS(=O)(=O)N1CCC(NC(=O)c2ccc(Cl)s2)CC1. The third-order valence-corrected chi connectivity index (χ3v) is 5.59. The molecule has 2 heterocycles. The Kier molecular flexibility index (Phi) is 4.50. The number of amides is 1. The van der Waals surface area contributed by atoms with Gasteiger partial charge in [-0.3, -0.25) is 4.79 Å². The predicted molar refractivity (Wildman–Crippen MR) is 76.2 cm³/mol. The molecule has 5 nitrogen and oxygen atoms in total. The van der Waals surface area contributed by atoms with Crippen molar-refractivity contribution in [2.24, 2.45) is 0 Å². The molecule has 106 valence electrons. The molecule has 1 aromatic rings. The Balaban J connectivity index is 1.88. The van der Waals surface area contributed by atoms with E-state index in [1.54, 1.807) is 12.1 Å². The van der Waals surface area contributed by atoms with Crippen molar-refractivity contribution in [1.29, 1.82) is 0 Å². The van der Waals surface area contributed by atoms with Gasteiger partial charge in [-0.05, 0) is 25.0 Å². The molecule has 2 rings (SSSR count). The molecule has 1 aromatic heterocycles. The van der Waals surface area contributed by atoms with E-state index in [1.807, 2.05) is 0 Å². The Morgan fingerprint density at radius 2 is 2.05 bits per heavy atom. The van der Waals surface area contributed by atoms with Crippen LogP contribution in [0.15, 0.2) is 12.1 Å². The molecule has 0 bridgehead atoms. The number of halogens is 1. The third kappa shape index (κ3) is 3.92. The minimum atomic E-state index is -3.12. The van der Waals surface area contributed by atoms with Gasteiger partial charge in [-0.25, -0.2) is 12.7 Å². The van der Waals surface area contributed by atoms with Gasteiger partial charge in [0.15, 0.2) is 0 Å². The third-order valence-electron chi connectivity index (χ3n) is 3.06. The summed E-state index contributed by atoms with van der Waals surface area (Å²) in [5.41, 5.74) is 0. The van der Waals surface area contributed by atoms with Crippen molar-refractivity contribution in [1.82, 2.24) is 9.62 Å². The van der Waals surface area contributed by atoms with Crippen molar-refractivity contribution in [3.63, 3.8) is 0 Å². The molecule has 1 saturated heterocycles. The van der Waals surface area contributed by atoms with E-state index < -0.39 is 10.0 Å². The largest absolute Gasteiger partial charge is 0.349 e. The van der Waals surface area contributed by atoms with Crippen molar-refractivity contribution >= 4 is 38.9 Å². The highest BCUT2D eigenvalue weighted by molar-refractivity contribution is 7.88. The summed E-state index contributed by atoms with van der Waals surface area (Å²) in [6, 6.07) is 3.40. The van der Waals surface area contributed by atoms with Crippen molar-refractivity contribution in [3.8, 4) is 0 Å². The molecule has 19 heavy (non-hydrogen) atoms. The zero-order chi connectivity index (χ0) is 14.0. The summed E-state index contributed by atoms with van der Waals surface area (Å²) in [6.07, 6.45) is 2.48. The van der Waals surface area contributed by atoms with Gasteiger partial charge in [-0.1, -0.05) is 11.6 Å². The normalized spacial score (nSPS) is 18.4. The molecule has 0 radical (unpaired) electrons. The summed E-state index contributed by atoms with van der Waals surface area (Å²) in [5.74, 6) is -0.144. The lowest BCUT2D eigenvalue weighted by molar-refractivity contribution is 0.0928. The predicted octanol–water partition coefficient (Wildman–Crippen LogP) is 1.56. The standard InChI is InChI=1S/C11H15ClN2O3S2/c1-19(16,17)14-6-4-8(5-7-14)13-11(15)9-2-3-10(12)18-9/h2-3,8H,4-7H2,1H3,(H,13,15). The van der Waals surface area contributed by atoms with Gasteiger partial charge in [-0.2, -0.15) is 0 Å². The number of thiophene rings is 1. The molecule has 0 aliphatic carbocycles. The van der Waals surface area contributed by atoms with Crippen LogP contribution < -0.4 is 5.32 Å². The summed E-state index contributed by atoms with van der Waals surface area (Å²) < 4.78 is 24.8. The van der Waals surface area contributed by atoms with Crippen LogP contribution in [0, 0.1) is 0 Å². The highest BCUT2D eigenvalue weighted by atomic mass is 35.5. The summed E-state index contributed by atoms with van der Waals surface area (Å²) in [7, 11) is -3.12. The Morgan fingerprint density at radius 1 is 1.42 bits per heavy atom. The van der Waals surface area contributed by atoms with Crippen molar-refractivity contribution in [2.75, 3.05) is 19.3 Å². The van der Waals surface area contributed by atoms with Gasteiger partial charge in [0.05, 0.1) is 15.5 Å². The zero-order valence-electron chi connectivity index (χ0n) is 10.4. The van der Waals surface area contributed by atoms with Crippen LogP contribution in [0.2, 0.25) is 4.34 Å². The van der Waals surface area contributed by atoms with Crippen molar-refractivity contribution in [2.45, 2.75) is 18.9 Å². The average molecular weight is 323 g/mol. The number of carbonyl (C=O) groups excluding carboxylic acids is 1. The maximum atomic E-state index is 11.9. The fraction of sp³-hybridized carbons (Fsp3) is 0.545. The Bertz CT molecular complexity index is 562. The molecule has 8 heteroatoms. The Morgan fingerprint density at radius 3 is 2.53 bits per heavy atom. The molecule has 0 unspecified atom stereocenters. The van der Waals surface area contributed by atoms with Crippen molar-refractivity contribution in [3.05, 3.63) is 21.3 Å². The second-order valence-electron chi connectivity index (χ2n) is 4.51. The van der Waals surface area contributed by atoms with Crippen LogP contribution in [-0.2, 0) is 10.0 Å². The van der Waals surface area contributed by atoms with Gasteiger partial charge >= 0.3 is 0 Å². The highest BCUT2D eigenvalue weighted by Gasteiger charge is 2.26. The molecule has 1 aliphatic rings. The maximum Gasteiger partial charge on any atom is 0.261 e. The second kappa shape index (κ2) is 5.78. The van der Waals surface area contributed by atoms with E-state index in [4.69, 9.17) is 11.6 Å². The first kappa shape index (κ1) is 14.8. The smallest absolute Gasteiger partial charge is 0.261 e. The first-order valence-corrected chi connectivity index (χ1v) is 8.92. The van der Waals surface area contributed by atoms with Crippen LogP contribution in [0.1, 0.15) is 22.5 Å². The topological polar surface area (TPSA) is 66.5 Å². The molecule has 0 aromatic carbocycles. The van der Waals surface area contributed by atoms with Crippen molar-refractivity contribution < 1.29 is 13.2 Å². The molecule has 1 aliphatic heterocycles. The van der Waals surface area contributed by atoms with Crippen LogP contribution in [0.3, 0.4) is 0 Å². The van der Waals surface area contributed by atoms with Crippen LogP contribution in [0.25, 0.3) is 0 Å². The van der Waals surface area contributed by atoms with Crippen LogP contribution >= 0.6 is 22.9 Å². The van der Waals surface area contributed by atoms with Gasteiger partial charge in [0.2, 0.25) is 10.0 Å². The molecule has 0 spiro atoms. The Hall–Kier alpha value is -0.630. The second-order valence-corrected chi connectivity index (χ2v) is 8.21. The number of piperidine rings is 1. The van der Waals surface area contributed by atoms with Crippen LogP contribution in [0.5, 0.6) is 0 Å². The van der Waals surface area contributed by atoms with Gasteiger partial charge < -0.3 is 5.32 Å². The minimum absolute atomic E-state index is 0.0198. The monoisotopic (exact) mass is 322 g/mol. The van der Waals surface area contributed by atoms with E-state index in [9.17, 15) is 13.2 Å². The van der Waals surface area contributed by atoms with Gasteiger partial charge in [-0.15, -0.1) is 11.3 Å². The van der Waals surface area contributed by atoms with E-state index in [1.165, 1.54) is 21.9 Å². The fourth-order valence-electron chi connectivity index (χ4n) is 2.02. The first-order valence-electron chi connectivity index (χ1n) is 5.87. The number of rotatable bonds is 3. The molecule has 1 N–H and O–H groups in total. The minimum Gasteiger partial charge on any atom is -0.349 e.